The van der Waals surface area contributed by atoms with Gasteiger partial charge in [-0.15, -0.1) is 0 Å². The maximum Gasteiger partial charge on any atom is 0.189 e. The third kappa shape index (κ3) is 4.09. The van der Waals surface area contributed by atoms with Gasteiger partial charge in [0.15, 0.2) is 5.96 Å². The average Bonchev–Trinajstić information content (AvgIpc) is 2.98. The second-order valence-electron chi connectivity index (χ2n) is 5.12. The summed E-state index contributed by atoms with van der Waals surface area (Å²) in [5, 5.41) is 3.26. The molecule has 3 N–H and O–H groups in total. The SMILES string of the molecule is CC(CCc1ccco1)NC(N)=NC1CCCC1. The van der Waals surface area contributed by atoms with Gasteiger partial charge in [-0.25, -0.2) is 0 Å². The number of hydrogen-bond acceptors (Lipinski definition) is 2. The van der Waals surface area contributed by atoms with Crippen LogP contribution in [0.1, 0.15) is 44.8 Å². The number of furan rings is 1. The van der Waals surface area contributed by atoms with Crippen LogP contribution in [-0.2, 0) is 6.42 Å². The average molecular weight is 249 g/mol. The van der Waals surface area contributed by atoms with Crippen LogP contribution in [0.2, 0.25) is 0 Å². The van der Waals surface area contributed by atoms with E-state index in [1.165, 1.54) is 25.7 Å². The molecular formula is C14H23N3O. The highest BCUT2D eigenvalue weighted by Crippen LogP contribution is 2.20. The lowest BCUT2D eigenvalue weighted by atomic mass is 10.1. The van der Waals surface area contributed by atoms with E-state index in [-0.39, 0.29) is 0 Å². The van der Waals surface area contributed by atoms with Crippen molar-refractivity contribution < 1.29 is 4.42 Å². The Morgan fingerprint density at radius 1 is 1.56 bits per heavy atom. The molecule has 1 fully saturated rings. The first-order valence-electron chi connectivity index (χ1n) is 6.86. The molecule has 4 heteroatoms. The molecule has 0 saturated heterocycles. The first-order valence-corrected chi connectivity index (χ1v) is 6.86. The number of aliphatic imine (C=N–C) groups is 1. The molecule has 0 spiro atoms. The zero-order valence-electron chi connectivity index (χ0n) is 11.1. The van der Waals surface area contributed by atoms with Crippen molar-refractivity contribution in [3.8, 4) is 0 Å². The van der Waals surface area contributed by atoms with Gasteiger partial charge in [0.05, 0.1) is 12.3 Å². The smallest absolute Gasteiger partial charge is 0.189 e. The van der Waals surface area contributed by atoms with Gasteiger partial charge in [-0.2, -0.15) is 0 Å². The van der Waals surface area contributed by atoms with Crippen LogP contribution in [0.25, 0.3) is 0 Å². The Morgan fingerprint density at radius 2 is 2.33 bits per heavy atom. The molecule has 100 valence electrons. The van der Waals surface area contributed by atoms with Crippen molar-refractivity contribution in [1.82, 2.24) is 5.32 Å². The summed E-state index contributed by atoms with van der Waals surface area (Å²) in [5.74, 6) is 1.61. The minimum absolute atomic E-state index is 0.320. The zero-order chi connectivity index (χ0) is 12.8. The van der Waals surface area contributed by atoms with Crippen molar-refractivity contribution >= 4 is 5.96 Å². The molecule has 1 aromatic rings. The minimum Gasteiger partial charge on any atom is -0.469 e. The third-order valence-corrected chi connectivity index (χ3v) is 3.44. The van der Waals surface area contributed by atoms with Crippen LogP contribution in [0.3, 0.4) is 0 Å². The van der Waals surface area contributed by atoms with E-state index in [0.29, 0.717) is 18.0 Å². The highest BCUT2D eigenvalue weighted by molar-refractivity contribution is 5.78. The quantitative estimate of drug-likeness (QED) is 0.622. The molecule has 1 unspecified atom stereocenters. The largest absolute Gasteiger partial charge is 0.469 e. The standard InChI is InChI=1S/C14H23N3O/c1-11(8-9-13-7-4-10-18-13)16-14(15)17-12-5-2-3-6-12/h4,7,10-12H,2-3,5-6,8-9H2,1H3,(H3,15,16,17). The lowest BCUT2D eigenvalue weighted by Crippen LogP contribution is -2.39. The van der Waals surface area contributed by atoms with Crippen molar-refractivity contribution in [3.63, 3.8) is 0 Å². The summed E-state index contributed by atoms with van der Waals surface area (Å²) in [4.78, 5) is 4.52. The van der Waals surface area contributed by atoms with Crippen LogP contribution in [0.4, 0.5) is 0 Å². The van der Waals surface area contributed by atoms with E-state index in [2.05, 4.69) is 17.2 Å². The topological polar surface area (TPSA) is 63.5 Å². The van der Waals surface area contributed by atoms with Crippen LogP contribution in [0.15, 0.2) is 27.8 Å². The molecule has 1 atom stereocenters. The Kier molecular flexibility index (Phi) is 4.67. The van der Waals surface area contributed by atoms with Gasteiger partial charge in [-0.3, -0.25) is 4.99 Å². The van der Waals surface area contributed by atoms with E-state index >= 15 is 0 Å². The molecule has 0 radical (unpaired) electrons. The summed E-state index contributed by atoms with van der Waals surface area (Å²) in [6.07, 6.45) is 8.58. The fourth-order valence-electron chi connectivity index (χ4n) is 2.41. The number of rotatable bonds is 5. The van der Waals surface area contributed by atoms with Crippen LogP contribution >= 0.6 is 0 Å². The molecule has 0 aliphatic heterocycles. The van der Waals surface area contributed by atoms with E-state index in [4.69, 9.17) is 10.2 Å². The van der Waals surface area contributed by atoms with Gasteiger partial charge < -0.3 is 15.5 Å². The molecule has 1 aliphatic rings. The fraction of sp³-hybridized carbons (Fsp3) is 0.643. The molecule has 1 aliphatic carbocycles. The van der Waals surface area contributed by atoms with Crippen LogP contribution in [0, 0.1) is 0 Å². The predicted molar refractivity (Wildman–Crippen MR) is 73.5 cm³/mol. The fourth-order valence-corrected chi connectivity index (χ4v) is 2.41. The van der Waals surface area contributed by atoms with Crippen LogP contribution in [0.5, 0.6) is 0 Å². The Labute approximate surface area is 109 Å². The van der Waals surface area contributed by atoms with Gasteiger partial charge in [0.1, 0.15) is 5.76 Å². The van der Waals surface area contributed by atoms with Crippen molar-refractivity contribution in [1.29, 1.82) is 0 Å². The van der Waals surface area contributed by atoms with Gasteiger partial charge in [0, 0.05) is 12.5 Å². The maximum absolute atomic E-state index is 5.92. The van der Waals surface area contributed by atoms with E-state index in [0.717, 1.165) is 18.6 Å². The molecule has 4 nitrogen and oxygen atoms in total. The highest BCUT2D eigenvalue weighted by atomic mass is 16.3. The number of nitrogens with two attached hydrogens (primary N) is 1. The lowest BCUT2D eigenvalue weighted by molar-refractivity contribution is 0.482. The Hall–Kier alpha value is -1.45. The number of hydrogen-bond donors (Lipinski definition) is 2. The van der Waals surface area contributed by atoms with Gasteiger partial charge in [0.2, 0.25) is 0 Å². The summed E-state index contributed by atoms with van der Waals surface area (Å²) < 4.78 is 5.31. The minimum atomic E-state index is 0.320. The van der Waals surface area contributed by atoms with E-state index < -0.39 is 0 Å². The summed E-state index contributed by atoms with van der Waals surface area (Å²) >= 11 is 0. The second-order valence-corrected chi connectivity index (χ2v) is 5.12. The Balaban J connectivity index is 1.71. The third-order valence-electron chi connectivity index (χ3n) is 3.44. The molecule has 1 saturated carbocycles. The normalized spacial score (nSPS) is 19.1. The molecule has 2 rings (SSSR count). The molecule has 0 aromatic carbocycles. The summed E-state index contributed by atoms with van der Waals surface area (Å²) in [7, 11) is 0. The number of aryl methyl sites for hydroxylation is 1. The van der Waals surface area contributed by atoms with Crippen molar-refractivity contribution in [2.45, 2.75) is 57.5 Å². The van der Waals surface area contributed by atoms with E-state index in [9.17, 15) is 0 Å². The molecule has 18 heavy (non-hydrogen) atoms. The molecule has 0 amide bonds. The van der Waals surface area contributed by atoms with Gasteiger partial charge in [0.25, 0.3) is 0 Å². The molecular weight excluding hydrogens is 226 g/mol. The van der Waals surface area contributed by atoms with Crippen LogP contribution < -0.4 is 11.1 Å². The van der Waals surface area contributed by atoms with Crippen molar-refractivity contribution in [3.05, 3.63) is 24.2 Å². The maximum atomic E-state index is 5.92. The van der Waals surface area contributed by atoms with Gasteiger partial charge >= 0.3 is 0 Å². The Morgan fingerprint density at radius 3 is 3.00 bits per heavy atom. The highest BCUT2D eigenvalue weighted by Gasteiger charge is 2.14. The zero-order valence-corrected chi connectivity index (χ0v) is 11.1. The van der Waals surface area contributed by atoms with E-state index in [1.807, 2.05) is 12.1 Å². The lowest BCUT2D eigenvalue weighted by Gasteiger charge is -2.15. The summed E-state index contributed by atoms with van der Waals surface area (Å²) in [6, 6.07) is 4.68. The summed E-state index contributed by atoms with van der Waals surface area (Å²) in [5.41, 5.74) is 5.92. The van der Waals surface area contributed by atoms with Gasteiger partial charge in [-0.1, -0.05) is 12.8 Å². The van der Waals surface area contributed by atoms with Crippen LogP contribution in [-0.4, -0.2) is 18.0 Å². The summed E-state index contributed by atoms with van der Waals surface area (Å²) in [6.45, 7) is 2.12. The first kappa shape index (κ1) is 13.0. The van der Waals surface area contributed by atoms with Gasteiger partial charge in [-0.05, 0) is 38.3 Å². The number of guanidine groups is 1. The second kappa shape index (κ2) is 6.47. The number of nitrogens with zero attached hydrogens (tertiary/aromatic N) is 1. The van der Waals surface area contributed by atoms with Crippen molar-refractivity contribution in [2.24, 2.45) is 10.7 Å². The molecule has 0 bridgehead atoms. The first-order chi connectivity index (χ1) is 8.74. The number of nitrogens with one attached hydrogen (secondary N) is 1. The predicted octanol–water partition coefficient (Wildman–Crippen LogP) is 2.45. The van der Waals surface area contributed by atoms with Crippen molar-refractivity contribution in [2.75, 3.05) is 0 Å². The van der Waals surface area contributed by atoms with E-state index in [1.54, 1.807) is 6.26 Å². The molecule has 1 aromatic heterocycles. The Bertz CT molecular complexity index is 366. The monoisotopic (exact) mass is 249 g/mol. The molecule has 1 heterocycles.